The highest BCUT2D eigenvalue weighted by Crippen LogP contribution is 2.62. The summed E-state index contributed by atoms with van der Waals surface area (Å²) < 4.78 is 285. The second kappa shape index (κ2) is 18.9. The Hall–Kier alpha value is -2.93. The molecule has 0 amide bonds. The van der Waals surface area contributed by atoms with E-state index in [2.05, 4.69) is 43.4 Å². The van der Waals surface area contributed by atoms with Gasteiger partial charge in [0, 0.05) is 6.42 Å². The molecule has 0 unspecified atom stereocenters. The van der Waals surface area contributed by atoms with Crippen LogP contribution in [0.15, 0.2) is 38.5 Å². The molecule has 26 heteroatoms. The van der Waals surface area contributed by atoms with Gasteiger partial charge in [-0.1, -0.05) is 19.7 Å². The van der Waals surface area contributed by atoms with Gasteiger partial charge in [0.25, 0.3) is 0 Å². The maximum atomic E-state index is 13.4. The average Bonchev–Trinajstić information content (AvgIpc) is 2.92. The molecule has 294 valence electrons. The predicted octanol–water partition coefficient (Wildman–Crippen LogP) is 9.36. The SMILES string of the molecule is C=COC.C=COCCCOCC(F)(F)C(F)(F)C(F)(F)C(F)(F)C(F)(F)C(F)(F)C(F)(F)F.C=COCCOC(C(F)(F)F)C(F)(F)F. The van der Waals surface area contributed by atoms with Crippen molar-refractivity contribution in [2.24, 2.45) is 0 Å². The maximum Gasteiger partial charge on any atom is 0.460 e. The molecule has 0 aromatic rings. The second-order valence-corrected chi connectivity index (χ2v) is 8.29. The first kappa shape index (κ1) is 50.4. The minimum Gasteiger partial charge on any atom is -0.505 e. The van der Waals surface area contributed by atoms with Crippen molar-refractivity contribution >= 4 is 0 Å². The normalized spacial score (nSPS) is 13.8. The molecule has 0 N–H and O–H groups in total. The van der Waals surface area contributed by atoms with Gasteiger partial charge >= 0.3 is 54.1 Å². The lowest BCUT2D eigenvalue weighted by Gasteiger charge is -2.41. The number of hydrogen-bond acceptors (Lipinski definition) is 5. The van der Waals surface area contributed by atoms with Gasteiger partial charge in [0.05, 0.1) is 45.7 Å². The van der Waals surface area contributed by atoms with E-state index in [-0.39, 0.29) is 13.0 Å². The topological polar surface area (TPSA) is 46.2 Å². The van der Waals surface area contributed by atoms with Gasteiger partial charge < -0.3 is 23.7 Å². The van der Waals surface area contributed by atoms with Crippen LogP contribution in [0.4, 0.5) is 92.2 Å². The lowest BCUT2D eigenvalue weighted by molar-refractivity contribution is -0.453. The summed E-state index contributed by atoms with van der Waals surface area (Å²) in [5.74, 6) is -46.6. The Morgan fingerprint density at radius 3 is 1.20 bits per heavy atom. The van der Waals surface area contributed by atoms with Crippen molar-refractivity contribution in [3.05, 3.63) is 38.5 Å². The smallest absolute Gasteiger partial charge is 0.460 e. The van der Waals surface area contributed by atoms with Crippen LogP contribution in [0.5, 0.6) is 0 Å². The van der Waals surface area contributed by atoms with Crippen molar-refractivity contribution in [1.82, 2.24) is 0 Å². The summed E-state index contributed by atoms with van der Waals surface area (Å²) in [7, 11) is 1.56. The molecule has 0 aromatic heterocycles. The summed E-state index contributed by atoms with van der Waals surface area (Å²) in [5, 5.41) is 0. The van der Waals surface area contributed by atoms with Crippen molar-refractivity contribution < 1.29 is 116 Å². The van der Waals surface area contributed by atoms with E-state index in [9.17, 15) is 92.2 Å². The average molecular weight is 780 g/mol. The molecule has 0 saturated carbocycles. The molecule has 0 aliphatic carbocycles. The Labute approximate surface area is 262 Å². The molecule has 0 aliphatic heterocycles. The molecule has 0 rings (SSSR count). The third-order valence-corrected chi connectivity index (χ3v) is 4.71. The van der Waals surface area contributed by atoms with Crippen molar-refractivity contribution in [3.63, 3.8) is 0 Å². The number of halogens is 21. The minimum atomic E-state index is -8.29. The first-order chi connectivity index (χ1) is 21.7. The summed E-state index contributed by atoms with van der Waals surface area (Å²) in [5.41, 5.74) is 0. The Morgan fingerprint density at radius 1 is 0.490 bits per heavy atom. The van der Waals surface area contributed by atoms with Crippen molar-refractivity contribution in [3.8, 4) is 0 Å². The van der Waals surface area contributed by atoms with E-state index in [0.29, 0.717) is 0 Å². The molecule has 49 heavy (non-hydrogen) atoms. The fraction of sp³-hybridized carbons (Fsp3) is 0.739. The number of hydrogen-bond donors (Lipinski definition) is 0. The summed E-state index contributed by atoms with van der Waals surface area (Å²) in [6.07, 6.45) is -19.6. The van der Waals surface area contributed by atoms with Crippen LogP contribution in [-0.4, -0.2) is 100 Å². The zero-order chi connectivity index (χ0) is 40.0. The molecule has 0 aliphatic rings. The second-order valence-electron chi connectivity index (χ2n) is 8.29. The Morgan fingerprint density at radius 2 is 0.857 bits per heavy atom. The fourth-order valence-corrected chi connectivity index (χ4v) is 2.29. The lowest BCUT2D eigenvalue weighted by Crippen LogP contribution is -2.73. The molecule has 0 radical (unpaired) electrons. The van der Waals surface area contributed by atoms with E-state index in [1.54, 1.807) is 7.11 Å². The Balaban J connectivity index is -0.000000922. The molecule has 0 spiro atoms. The number of rotatable bonds is 18. The standard InChI is InChI=1S/C13H11F15O2.C7H8F6O2.C3H6O/c1-2-29-4-3-5-30-6-7(14,15)8(16,17)9(18,19)10(20,21)11(22,23)12(24,25)13(26,27)28;1-2-14-3-4-15-5(6(8,9)10)7(11,12)13;1-3-4-2/h2H,1,3-6H2;2,5H,1,3-4H2;3H,1H2,2H3. The van der Waals surface area contributed by atoms with Crippen LogP contribution in [0.2, 0.25) is 0 Å². The fourth-order valence-electron chi connectivity index (χ4n) is 2.29. The van der Waals surface area contributed by atoms with Crippen LogP contribution < -0.4 is 0 Å². The summed E-state index contributed by atoms with van der Waals surface area (Å²) in [4.78, 5) is 0. The van der Waals surface area contributed by atoms with Crippen molar-refractivity contribution in [1.29, 1.82) is 0 Å². The quantitative estimate of drug-likeness (QED) is 0.0789. The highest BCUT2D eigenvalue weighted by atomic mass is 19.4. The lowest BCUT2D eigenvalue weighted by atomic mass is 9.91. The molecule has 0 atom stereocenters. The first-order valence-electron chi connectivity index (χ1n) is 11.9. The van der Waals surface area contributed by atoms with Gasteiger partial charge in [0.2, 0.25) is 6.10 Å². The highest BCUT2D eigenvalue weighted by molar-refractivity contribution is 5.13. The highest BCUT2D eigenvalue weighted by Gasteiger charge is 2.93. The summed E-state index contributed by atoms with van der Waals surface area (Å²) in [6, 6.07) is 0. The van der Waals surface area contributed by atoms with Gasteiger partial charge in [-0.25, -0.2) is 0 Å². The molecular formula is C23H25F21O5. The van der Waals surface area contributed by atoms with Crippen LogP contribution in [0, 0.1) is 0 Å². The summed E-state index contributed by atoms with van der Waals surface area (Å²) >= 11 is 0. The van der Waals surface area contributed by atoms with E-state index < -0.39 is 86.6 Å². The molecule has 0 heterocycles. The largest absolute Gasteiger partial charge is 0.505 e. The zero-order valence-electron chi connectivity index (χ0n) is 24.2. The van der Waals surface area contributed by atoms with Crippen molar-refractivity contribution in [2.75, 3.05) is 40.1 Å². The Bertz CT molecular complexity index is 960. The predicted molar refractivity (Wildman–Crippen MR) is 123 cm³/mol. The van der Waals surface area contributed by atoms with Crippen LogP contribution in [0.25, 0.3) is 0 Å². The third-order valence-electron chi connectivity index (χ3n) is 4.71. The van der Waals surface area contributed by atoms with Gasteiger partial charge in [-0.15, -0.1) is 0 Å². The maximum absolute atomic E-state index is 13.4. The molecule has 0 saturated heterocycles. The molecule has 0 fully saturated rings. The van der Waals surface area contributed by atoms with E-state index in [1.165, 1.54) is 6.26 Å². The molecule has 0 bridgehead atoms. The van der Waals surface area contributed by atoms with Crippen LogP contribution >= 0.6 is 0 Å². The van der Waals surface area contributed by atoms with Gasteiger partial charge in [-0.3, -0.25) is 0 Å². The Kier molecular flexibility index (Phi) is 19.4. The van der Waals surface area contributed by atoms with E-state index in [4.69, 9.17) is 0 Å². The van der Waals surface area contributed by atoms with Gasteiger partial charge in [0.15, 0.2) is 0 Å². The molecule has 5 nitrogen and oxygen atoms in total. The molecule has 0 aromatic carbocycles. The van der Waals surface area contributed by atoms with Gasteiger partial charge in [0.1, 0.15) is 13.2 Å². The summed E-state index contributed by atoms with van der Waals surface area (Å²) in [6.45, 7) is 4.03. The zero-order valence-corrected chi connectivity index (χ0v) is 24.2. The molecular weight excluding hydrogens is 755 g/mol. The van der Waals surface area contributed by atoms with Gasteiger partial charge in [-0.2, -0.15) is 92.2 Å². The van der Waals surface area contributed by atoms with Crippen LogP contribution in [-0.2, 0) is 23.7 Å². The first-order valence-corrected chi connectivity index (χ1v) is 11.9. The monoisotopic (exact) mass is 780 g/mol. The van der Waals surface area contributed by atoms with Gasteiger partial charge in [-0.05, 0) is 0 Å². The number of methoxy groups -OCH3 is 1. The minimum absolute atomic E-state index is 0.321. The number of ether oxygens (including phenoxy) is 5. The van der Waals surface area contributed by atoms with E-state index in [1.807, 2.05) is 0 Å². The van der Waals surface area contributed by atoms with Crippen LogP contribution in [0.3, 0.4) is 0 Å². The number of alkyl halides is 21. The third kappa shape index (κ3) is 13.4. The van der Waals surface area contributed by atoms with E-state index >= 15 is 0 Å². The van der Waals surface area contributed by atoms with Crippen LogP contribution in [0.1, 0.15) is 6.42 Å². The van der Waals surface area contributed by atoms with Crippen molar-refractivity contribution in [2.45, 2.75) is 66.6 Å². The van der Waals surface area contributed by atoms with E-state index in [0.717, 1.165) is 12.5 Å².